The van der Waals surface area contributed by atoms with Crippen LogP contribution in [0.25, 0.3) is 0 Å². The Bertz CT molecular complexity index is 1030. The average molecular weight is 474 g/mol. The molecule has 3 rings (SSSR count). The van der Waals surface area contributed by atoms with Crippen LogP contribution in [0.15, 0.2) is 18.2 Å². The van der Waals surface area contributed by atoms with E-state index in [0.717, 1.165) is 5.01 Å². The van der Waals surface area contributed by atoms with Gasteiger partial charge in [0.15, 0.2) is 0 Å². The highest BCUT2D eigenvalue weighted by Crippen LogP contribution is 2.26. The topological polar surface area (TPSA) is 173 Å². The SMILES string of the molecule is Cc1c(O)cccc1C(=O)NC1CCC(=O)N2CCCC(C(=O)NC(C=O)CC(=O)O)N2C1=O. The Morgan fingerprint density at radius 3 is 2.65 bits per heavy atom. The Labute approximate surface area is 194 Å². The number of rotatable bonds is 7. The van der Waals surface area contributed by atoms with Crippen molar-refractivity contribution >= 4 is 35.9 Å². The minimum Gasteiger partial charge on any atom is -0.508 e. The molecule has 0 spiro atoms. The quantitative estimate of drug-likeness (QED) is 0.382. The number of carboxylic acid groups (broad SMARTS) is 1. The fourth-order valence-corrected chi connectivity index (χ4v) is 4.11. The summed E-state index contributed by atoms with van der Waals surface area (Å²) in [6.07, 6.45) is 0.239. The molecule has 2 aliphatic heterocycles. The van der Waals surface area contributed by atoms with Gasteiger partial charge in [-0.3, -0.25) is 29.0 Å². The number of hydrogen-bond donors (Lipinski definition) is 4. The van der Waals surface area contributed by atoms with Crippen molar-refractivity contribution in [1.82, 2.24) is 20.7 Å². The first-order valence-electron chi connectivity index (χ1n) is 10.8. The van der Waals surface area contributed by atoms with Gasteiger partial charge in [0, 0.05) is 24.1 Å². The van der Waals surface area contributed by atoms with Gasteiger partial charge >= 0.3 is 5.97 Å². The Kier molecular flexibility index (Phi) is 7.49. The summed E-state index contributed by atoms with van der Waals surface area (Å²) in [5.74, 6) is -3.81. The molecular formula is C22H26N4O8. The molecule has 4 N–H and O–H groups in total. The van der Waals surface area contributed by atoms with E-state index in [-0.39, 0.29) is 37.1 Å². The molecule has 0 aliphatic carbocycles. The van der Waals surface area contributed by atoms with Gasteiger partial charge in [0.25, 0.3) is 11.8 Å². The Morgan fingerprint density at radius 1 is 1.24 bits per heavy atom. The highest BCUT2D eigenvalue weighted by molar-refractivity contribution is 6.01. The zero-order valence-electron chi connectivity index (χ0n) is 18.5. The van der Waals surface area contributed by atoms with E-state index in [1.165, 1.54) is 23.2 Å². The van der Waals surface area contributed by atoms with Crippen LogP contribution in [-0.2, 0) is 24.0 Å². The first kappa shape index (κ1) is 24.7. The summed E-state index contributed by atoms with van der Waals surface area (Å²) in [6, 6.07) is 0.847. The number of carboxylic acids is 1. The van der Waals surface area contributed by atoms with Crippen LogP contribution in [-0.4, -0.2) is 80.8 Å². The third kappa shape index (κ3) is 5.16. The maximum Gasteiger partial charge on any atom is 0.305 e. The van der Waals surface area contributed by atoms with Crippen LogP contribution in [0, 0.1) is 6.92 Å². The standard InChI is InChI=1S/C22H26N4O8/c1-12-14(4-2-6-17(12)28)20(32)24-15-7-8-18(29)25-9-3-5-16(26(25)22(15)34)21(33)23-13(11-27)10-19(30)31/h2,4,6,11,13,15-16,28H,3,5,7-10H2,1H3,(H,23,33)(H,24,32)(H,30,31). The van der Waals surface area contributed by atoms with Gasteiger partial charge in [0.05, 0.1) is 12.5 Å². The van der Waals surface area contributed by atoms with Crippen molar-refractivity contribution < 1.29 is 39.0 Å². The first-order chi connectivity index (χ1) is 16.1. The van der Waals surface area contributed by atoms with Gasteiger partial charge < -0.3 is 25.6 Å². The number of nitrogens with one attached hydrogen (secondary N) is 2. The molecule has 3 atom stereocenters. The van der Waals surface area contributed by atoms with E-state index in [1.54, 1.807) is 6.92 Å². The number of nitrogens with zero attached hydrogens (tertiary/aromatic N) is 2. The minimum atomic E-state index is -1.29. The van der Waals surface area contributed by atoms with Gasteiger partial charge in [-0.05, 0) is 38.3 Å². The van der Waals surface area contributed by atoms with E-state index >= 15 is 0 Å². The maximum absolute atomic E-state index is 13.4. The second kappa shape index (κ2) is 10.3. The zero-order chi connectivity index (χ0) is 25.0. The third-order valence-corrected chi connectivity index (χ3v) is 5.91. The lowest BCUT2D eigenvalue weighted by molar-refractivity contribution is -0.176. The molecule has 3 unspecified atom stereocenters. The van der Waals surface area contributed by atoms with Crippen molar-refractivity contribution in [2.24, 2.45) is 0 Å². The predicted octanol–water partition coefficient (Wildman–Crippen LogP) is -0.514. The van der Waals surface area contributed by atoms with E-state index in [2.05, 4.69) is 10.6 Å². The molecule has 1 aromatic rings. The van der Waals surface area contributed by atoms with Crippen LogP contribution in [0.2, 0.25) is 0 Å². The monoisotopic (exact) mass is 474 g/mol. The Morgan fingerprint density at radius 2 is 1.97 bits per heavy atom. The second-order valence-electron chi connectivity index (χ2n) is 8.22. The number of fused-ring (bicyclic) bond motifs is 1. The van der Waals surface area contributed by atoms with Gasteiger partial charge in [0.2, 0.25) is 11.8 Å². The number of hydrazine groups is 1. The molecule has 12 nitrogen and oxygen atoms in total. The number of aldehydes is 1. The lowest BCUT2D eigenvalue weighted by atomic mass is 10.0. The van der Waals surface area contributed by atoms with Crippen LogP contribution in [0.4, 0.5) is 0 Å². The molecule has 1 aromatic carbocycles. The Balaban J connectivity index is 1.83. The summed E-state index contributed by atoms with van der Waals surface area (Å²) >= 11 is 0. The van der Waals surface area contributed by atoms with Gasteiger partial charge in [-0.25, -0.2) is 5.01 Å². The number of carbonyl (C=O) groups excluding carboxylic acids is 5. The molecule has 0 bridgehead atoms. The largest absolute Gasteiger partial charge is 0.508 e. The smallest absolute Gasteiger partial charge is 0.305 e. The van der Waals surface area contributed by atoms with Crippen molar-refractivity contribution in [2.45, 2.75) is 57.2 Å². The Hall–Kier alpha value is -3.96. The van der Waals surface area contributed by atoms with Crippen LogP contribution < -0.4 is 10.6 Å². The molecule has 2 saturated heterocycles. The molecule has 2 heterocycles. The van der Waals surface area contributed by atoms with E-state index in [1.807, 2.05) is 0 Å². The van der Waals surface area contributed by atoms with Crippen molar-refractivity contribution in [3.63, 3.8) is 0 Å². The highest BCUT2D eigenvalue weighted by Gasteiger charge is 2.45. The molecule has 0 saturated carbocycles. The van der Waals surface area contributed by atoms with Crippen LogP contribution in [0.1, 0.15) is 48.0 Å². The highest BCUT2D eigenvalue weighted by atomic mass is 16.4. The predicted molar refractivity (Wildman–Crippen MR) is 115 cm³/mol. The number of carbonyl (C=O) groups is 6. The maximum atomic E-state index is 13.4. The molecule has 4 amide bonds. The number of hydrogen-bond acceptors (Lipinski definition) is 7. The summed E-state index contributed by atoms with van der Waals surface area (Å²) in [5, 5.41) is 25.9. The molecule has 0 radical (unpaired) electrons. The van der Waals surface area contributed by atoms with Crippen molar-refractivity contribution in [3.05, 3.63) is 29.3 Å². The van der Waals surface area contributed by atoms with Crippen molar-refractivity contribution in [2.75, 3.05) is 6.54 Å². The number of phenolic OH excluding ortho intramolecular Hbond substituents is 1. The first-order valence-corrected chi connectivity index (χ1v) is 10.8. The van der Waals surface area contributed by atoms with Crippen LogP contribution in [0.3, 0.4) is 0 Å². The van der Waals surface area contributed by atoms with E-state index in [9.17, 15) is 33.9 Å². The average Bonchev–Trinajstić information content (AvgIpc) is 2.92. The van der Waals surface area contributed by atoms with Crippen molar-refractivity contribution in [1.29, 1.82) is 0 Å². The van der Waals surface area contributed by atoms with Gasteiger partial charge in [-0.1, -0.05) is 6.07 Å². The number of aliphatic carboxylic acids is 1. The summed E-state index contributed by atoms with van der Waals surface area (Å²) in [5.41, 5.74) is 0.489. The summed E-state index contributed by atoms with van der Waals surface area (Å²) in [7, 11) is 0. The van der Waals surface area contributed by atoms with Gasteiger partial charge in [-0.15, -0.1) is 0 Å². The number of phenols is 1. The number of aromatic hydroxyl groups is 1. The minimum absolute atomic E-state index is 0.0125. The molecule has 2 aliphatic rings. The summed E-state index contributed by atoms with van der Waals surface area (Å²) in [6.45, 7) is 1.75. The molecule has 34 heavy (non-hydrogen) atoms. The number of benzene rings is 1. The van der Waals surface area contributed by atoms with E-state index in [0.29, 0.717) is 18.3 Å². The zero-order valence-corrected chi connectivity index (χ0v) is 18.5. The molecule has 12 heteroatoms. The lowest BCUT2D eigenvalue weighted by Crippen LogP contribution is -2.64. The van der Waals surface area contributed by atoms with Crippen LogP contribution >= 0.6 is 0 Å². The van der Waals surface area contributed by atoms with Crippen LogP contribution in [0.5, 0.6) is 5.75 Å². The van der Waals surface area contributed by atoms with Gasteiger partial charge in [-0.2, -0.15) is 0 Å². The molecule has 0 aromatic heterocycles. The number of amides is 4. The third-order valence-electron chi connectivity index (χ3n) is 5.91. The molecular weight excluding hydrogens is 448 g/mol. The second-order valence-corrected chi connectivity index (χ2v) is 8.22. The van der Waals surface area contributed by atoms with E-state index < -0.39 is 54.1 Å². The van der Waals surface area contributed by atoms with Gasteiger partial charge in [0.1, 0.15) is 24.1 Å². The summed E-state index contributed by atoms with van der Waals surface area (Å²) in [4.78, 5) is 73.9. The summed E-state index contributed by atoms with van der Waals surface area (Å²) < 4.78 is 0. The normalized spacial score (nSPS) is 21.2. The van der Waals surface area contributed by atoms with E-state index in [4.69, 9.17) is 5.11 Å². The fraction of sp³-hybridized carbons (Fsp3) is 0.455. The fourth-order valence-electron chi connectivity index (χ4n) is 4.11. The van der Waals surface area contributed by atoms with Crippen molar-refractivity contribution in [3.8, 4) is 5.75 Å². The molecule has 2 fully saturated rings. The lowest BCUT2D eigenvalue weighted by Gasteiger charge is -2.43. The molecule has 182 valence electrons.